The molecule has 4 nitrogen and oxygen atoms in total. The number of hydrogen-bond donors (Lipinski definition) is 1. The first-order valence-electron chi connectivity index (χ1n) is 4.50. The van der Waals surface area contributed by atoms with Crippen LogP contribution in [0.3, 0.4) is 0 Å². The van der Waals surface area contributed by atoms with Crippen LogP contribution in [0.25, 0.3) is 0 Å². The first-order valence-corrected chi connectivity index (χ1v) is 4.50. The van der Waals surface area contributed by atoms with Gasteiger partial charge in [0.05, 0.1) is 24.7 Å². The molecule has 1 atom stereocenters. The van der Waals surface area contributed by atoms with Crippen molar-refractivity contribution < 1.29 is 4.74 Å². The monoisotopic (exact) mass is 183 g/mol. The predicted octanol–water partition coefficient (Wildman–Crippen LogP) is 0.717. The van der Waals surface area contributed by atoms with Crippen LogP contribution in [-0.4, -0.2) is 29.8 Å². The highest BCUT2D eigenvalue weighted by Gasteiger charge is 2.10. The van der Waals surface area contributed by atoms with E-state index in [1.807, 2.05) is 31.8 Å². The van der Waals surface area contributed by atoms with Crippen molar-refractivity contribution in [2.24, 2.45) is 7.05 Å². The summed E-state index contributed by atoms with van der Waals surface area (Å²) in [6.07, 6.45) is 3.80. The molecule has 0 aliphatic rings. The quantitative estimate of drug-likeness (QED) is 0.731. The van der Waals surface area contributed by atoms with Crippen molar-refractivity contribution >= 4 is 0 Å². The molecule has 13 heavy (non-hydrogen) atoms. The summed E-state index contributed by atoms with van der Waals surface area (Å²) in [5.41, 5.74) is 1.03. The van der Waals surface area contributed by atoms with Crippen LogP contribution >= 0.6 is 0 Å². The molecule has 1 unspecified atom stereocenters. The van der Waals surface area contributed by atoms with Gasteiger partial charge in [0.15, 0.2) is 0 Å². The van der Waals surface area contributed by atoms with Gasteiger partial charge in [0.2, 0.25) is 0 Å². The maximum Gasteiger partial charge on any atom is 0.0947 e. The molecule has 0 saturated carbocycles. The van der Waals surface area contributed by atoms with Gasteiger partial charge in [-0.15, -0.1) is 0 Å². The molecular weight excluding hydrogens is 166 g/mol. The topological polar surface area (TPSA) is 39.1 Å². The summed E-state index contributed by atoms with van der Waals surface area (Å²) < 4.78 is 7.27. The lowest BCUT2D eigenvalue weighted by atomic mass is 10.2. The molecule has 0 fully saturated rings. The van der Waals surface area contributed by atoms with Gasteiger partial charge in [-0.2, -0.15) is 0 Å². The van der Waals surface area contributed by atoms with Gasteiger partial charge in [0.1, 0.15) is 0 Å². The van der Waals surface area contributed by atoms with Crippen LogP contribution in [0.15, 0.2) is 12.5 Å². The maximum atomic E-state index is 5.34. The zero-order chi connectivity index (χ0) is 9.68. The van der Waals surface area contributed by atoms with Crippen LogP contribution in [0.4, 0.5) is 0 Å². The molecule has 0 amide bonds. The zero-order valence-corrected chi connectivity index (χ0v) is 8.45. The highest BCUT2D eigenvalue weighted by atomic mass is 16.5. The minimum Gasteiger partial charge on any atom is -0.380 e. The molecule has 1 rings (SSSR count). The van der Waals surface area contributed by atoms with Crippen molar-refractivity contribution in [1.29, 1.82) is 0 Å². The number of ether oxygens (including phenoxy) is 1. The molecule has 0 aromatic carbocycles. The molecule has 0 aliphatic heterocycles. The van der Waals surface area contributed by atoms with E-state index >= 15 is 0 Å². The second kappa shape index (κ2) is 4.99. The fourth-order valence-electron chi connectivity index (χ4n) is 1.17. The summed E-state index contributed by atoms with van der Waals surface area (Å²) in [5.74, 6) is 0. The number of aromatic nitrogens is 2. The van der Waals surface area contributed by atoms with Crippen LogP contribution in [0, 0.1) is 0 Å². The van der Waals surface area contributed by atoms with Crippen molar-refractivity contribution in [2.45, 2.75) is 13.0 Å². The van der Waals surface area contributed by atoms with E-state index in [2.05, 4.69) is 10.3 Å². The van der Waals surface area contributed by atoms with E-state index in [1.54, 1.807) is 6.33 Å². The summed E-state index contributed by atoms with van der Waals surface area (Å²) in [4.78, 5) is 4.26. The Morgan fingerprint density at radius 3 is 2.92 bits per heavy atom. The summed E-state index contributed by atoms with van der Waals surface area (Å²) >= 11 is 0. The fraction of sp³-hybridized carbons (Fsp3) is 0.667. The smallest absolute Gasteiger partial charge is 0.0947 e. The van der Waals surface area contributed by atoms with Crippen LogP contribution in [0.5, 0.6) is 0 Å². The van der Waals surface area contributed by atoms with Crippen LogP contribution in [0.2, 0.25) is 0 Å². The third-order valence-electron chi connectivity index (χ3n) is 1.92. The molecule has 0 saturated heterocycles. The second-order valence-electron chi connectivity index (χ2n) is 2.96. The minimum atomic E-state index is 0.196. The fourth-order valence-corrected chi connectivity index (χ4v) is 1.17. The SMILES string of the molecule is CCOCC(NC)c1cn(C)cn1. The molecule has 1 aromatic heterocycles. The lowest BCUT2D eigenvalue weighted by Crippen LogP contribution is -2.22. The Kier molecular flexibility index (Phi) is 3.92. The molecule has 4 heteroatoms. The molecule has 0 spiro atoms. The highest BCUT2D eigenvalue weighted by molar-refractivity contribution is 5.03. The van der Waals surface area contributed by atoms with Gasteiger partial charge in [0, 0.05) is 19.9 Å². The summed E-state index contributed by atoms with van der Waals surface area (Å²) in [7, 11) is 3.88. The van der Waals surface area contributed by atoms with Gasteiger partial charge in [-0.1, -0.05) is 0 Å². The lowest BCUT2D eigenvalue weighted by Gasteiger charge is -2.12. The van der Waals surface area contributed by atoms with E-state index < -0.39 is 0 Å². The Balaban J connectivity index is 2.56. The average Bonchev–Trinajstić information content (AvgIpc) is 2.54. The molecular formula is C9H17N3O. The third kappa shape index (κ3) is 2.82. The predicted molar refractivity (Wildman–Crippen MR) is 51.5 cm³/mol. The normalized spacial score (nSPS) is 13.2. The minimum absolute atomic E-state index is 0.196. The summed E-state index contributed by atoms with van der Waals surface area (Å²) in [6.45, 7) is 3.40. The van der Waals surface area contributed by atoms with Crippen molar-refractivity contribution in [3.05, 3.63) is 18.2 Å². The van der Waals surface area contributed by atoms with Crippen LogP contribution in [-0.2, 0) is 11.8 Å². The summed E-state index contributed by atoms with van der Waals surface area (Å²) in [6, 6.07) is 0.196. The van der Waals surface area contributed by atoms with Gasteiger partial charge in [-0.25, -0.2) is 4.98 Å². The largest absolute Gasteiger partial charge is 0.380 e. The van der Waals surface area contributed by atoms with Gasteiger partial charge >= 0.3 is 0 Å². The van der Waals surface area contributed by atoms with Crippen molar-refractivity contribution in [3.63, 3.8) is 0 Å². The molecule has 0 aliphatic carbocycles. The standard InChI is InChI=1S/C9H17N3O/c1-4-13-6-9(10-2)8-5-12(3)7-11-8/h5,7,9-10H,4,6H2,1-3H3. The van der Waals surface area contributed by atoms with Gasteiger partial charge in [0.25, 0.3) is 0 Å². The lowest BCUT2D eigenvalue weighted by molar-refractivity contribution is 0.124. The van der Waals surface area contributed by atoms with E-state index in [4.69, 9.17) is 4.74 Å². The molecule has 1 heterocycles. The zero-order valence-electron chi connectivity index (χ0n) is 8.45. The molecule has 0 bridgehead atoms. The Hall–Kier alpha value is -0.870. The Labute approximate surface area is 78.9 Å². The Bertz CT molecular complexity index is 247. The van der Waals surface area contributed by atoms with E-state index in [9.17, 15) is 0 Å². The summed E-state index contributed by atoms with van der Waals surface area (Å²) in [5, 5.41) is 3.17. The number of imidazole rings is 1. The van der Waals surface area contributed by atoms with E-state index in [0.29, 0.717) is 6.61 Å². The van der Waals surface area contributed by atoms with Crippen LogP contribution in [0.1, 0.15) is 18.7 Å². The first-order chi connectivity index (χ1) is 6.27. The van der Waals surface area contributed by atoms with Crippen molar-refractivity contribution in [2.75, 3.05) is 20.3 Å². The maximum absolute atomic E-state index is 5.34. The third-order valence-corrected chi connectivity index (χ3v) is 1.92. The number of nitrogens with one attached hydrogen (secondary N) is 1. The van der Waals surface area contributed by atoms with Crippen molar-refractivity contribution in [3.8, 4) is 0 Å². The first kappa shape index (κ1) is 10.2. The Morgan fingerprint density at radius 1 is 1.69 bits per heavy atom. The van der Waals surface area contributed by atoms with Crippen molar-refractivity contribution in [1.82, 2.24) is 14.9 Å². The van der Waals surface area contributed by atoms with Gasteiger partial charge < -0.3 is 14.6 Å². The molecule has 1 aromatic rings. The average molecular weight is 183 g/mol. The van der Waals surface area contributed by atoms with Gasteiger partial charge in [-0.05, 0) is 14.0 Å². The number of hydrogen-bond acceptors (Lipinski definition) is 3. The van der Waals surface area contributed by atoms with Crippen LogP contribution < -0.4 is 5.32 Å². The molecule has 1 N–H and O–H groups in total. The van der Waals surface area contributed by atoms with E-state index in [-0.39, 0.29) is 6.04 Å². The number of rotatable bonds is 5. The molecule has 74 valence electrons. The number of nitrogens with zero attached hydrogens (tertiary/aromatic N) is 2. The van der Waals surface area contributed by atoms with Gasteiger partial charge in [-0.3, -0.25) is 0 Å². The van der Waals surface area contributed by atoms with E-state index in [0.717, 1.165) is 12.3 Å². The van der Waals surface area contributed by atoms with E-state index in [1.165, 1.54) is 0 Å². The second-order valence-corrected chi connectivity index (χ2v) is 2.96. The number of aryl methyl sites for hydroxylation is 1. The highest BCUT2D eigenvalue weighted by Crippen LogP contribution is 2.09. The number of likely N-dealkylation sites (N-methyl/N-ethyl adjacent to an activating group) is 1. The Morgan fingerprint density at radius 2 is 2.46 bits per heavy atom. The molecule has 0 radical (unpaired) electrons.